The summed E-state index contributed by atoms with van der Waals surface area (Å²) in [5.74, 6) is 0.216. The number of aryl methyl sites for hydroxylation is 1. The molecule has 0 bridgehead atoms. The summed E-state index contributed by atoms with van der Waals surface area (Å²) in [5, 5.41) is 9.85. The number of nitrogens with zero attached hydrogens (tertiary/aromatic N) is 5. The molecule has 0 unspecified atom stereocenters. The molecule has 1 aliphatic rings. The molecular formula is C19H20ClFN6O. The van der Waals surface area contributed by atoms with Crippen LogP contribution in [0, 0.1) is 17.1 Å². The number of hydrogen-bond donors (Lipinski definition) is 1. The molecule has 146 valence electrons. The minimum Gasteiger partial charge on any atom is -0.355 e. The van der Waals surface area contributed by atoms with Crippen molar-refractivity contribution in [2.45, 2.75) is 18.9 Å². The van der Waals surface area contributed by atoms with E-state index < -0.39 is 0 Å². The van der Waals surface area contributed by atoms with Crippen LogP contribution in [0.3, 0.4) is 0 Å². The van der Waals surface area contributed by atoms with Crippen LogP contribution >= 0.6 is 12.4 Å². The van der Waals surface area contributed by atoms with Gasteiger partial charge in [-0.2, -0.15) is 5.26 Å². The van der Waals surface area contributed by atoms with Crippen molar-refractivity contribution in [1.82, 2.24) is 14.1 Å². The molecule has 1 aliphatic heterocycles. The Morgan fingerprint density at radius 1 is 1.32 bits per heavy atom. The number of fused-ring (bicyclic) bond motifs is 1. The van der Waals surface area contributed by atoms with Crippen molar-refractivity contribution < 1.29 is 4.39 Å². The van der Waals surface area contributed by atoms with Gasteiger partial charge in [0.2, 0.25) is 0 Å². The van der Waals surface area contributed by atoms with E-state index in [1.54, 1.807) is 23.7 Å². The van der Waals surface area contributed by atoms with Gasteiger partial charge in [-0.25, -0.2) is 9.37 Å². The Kier molecular flexibility index (Phi) is 5.40. The molecule has 0 saturated carbocycles. The van der Waals surface area contributed by atoms with Crippen molar-refractivity contribution in [2.24, 2.45) is 12.8 Å². The van der Waals surface area contributed by atoms with Crippen LogP contribution in [0.15, 0.2) is 35.4 Å². The second-order valence-electron chi connectivity index (χ2n) is 6.83. The highest BCUT2D eigenvalue weighted by molar-refractivity contribution is 5.91. The maximum atomic E-state index is 13.5. The number of nitrogens with two attached hydrogens (primary N) is 1. The Morgan fingerprint density at radius 2 is 2.04 bits per heavy atom. The van der Waals surface area contributed by atoms with Crippen molar-refractivity contribution in [3.05, 3.63) is 52.3 Å². The number of hydrogen-bond acceptors (Lipinski definition) is 5. The fraction of sp³-hybridized carbons (Fsp3) is 0.316. The van der Waals surface area contributed by atoms with E-state index in [4.69, 9.17) is 5.73 Å². The Hall–Kier alpha value is -2.89. The molecule has 1 fully saturated rings. The van der Waals surface area contributed by atoms with Gasteiger partial charge in [0.15, 0.2) is 0 Å². The fourth-order valence-corrected chi connectivity index (χ4v) is 3.68. The highest BCUT2D eigenvalue weighted by atomic mass is 35.5. The smallest absolute Gasteiger partial charge is 0.278 e. The average Bonchev–Trinajstić information content (AvgIpc) is 3.00. The molecule has 2 N–H and O–H groups in total. The molecular weight excluding hydrogens is 383 g/mol. The topological polar surface area (TPSA) is 92.9 Å². The fourth-order valence-electron chi connectivity index (χ4n) is 3.68. The number of piperidine rings is 1. The zero-order chi connectivity index (χ0) is 19.1. The highest BCUT2D eigenvalue weighted by Gasteiger charge is 2.28. The molecule has 1 aromatic carbocycles. The normalized spacial score (nSPS) is 16.6. The van der Waals surface area contributed by atoms with Gasteiger partial charge in [-0.1, -0.05) is 0 Å². The lowest BCUT2D eigenvalue weighted by Gasteiger charge is -2.33. The van der Waals surface area contributed by atoms with E-state index in [9.17, 15) is 14.4 Å². The van der Waals surface area contributed by atoms with Crippen LogP contribution < -0.4 is 16.2 Å². The largest absolute Gasteiger partial charge is 0.355 e. The minimum absolute atomic E-state index is 0. The Morgan fingerprint density at radius 3 is 2.68 bits per heavy atom. The van der Waals surface area contributed by atoms with Gasteiger partial charge < -0.3 is 15.2 Å². The van der Waals surface area contributed by atoms with Crippen LogP contribution in [-0.2, 0) is 7.05 Å². The van der Waals surface area contributed by atoms with Crippen LogP contribution in [0.5, 0.6) is 0 Å². The Labute approximate surface area is 167 Å². The maximum absolute atomic E-state index is 13.5. The average molecular weight is 403 g/mol. The van der Waals surface area contributed by atoms with Crippen LogP contribution in [0.25, 0.3) is 16.7 Å². The van der Waals surface area contributed by atoms with E-state index in [1.165, 1.54) is 23.0 Å². The van der Waals surface area contributed by atoms with E-state index >= 15 is 0 Å². The zero-order valence-corrected chi connectivity index (χ0v) is 16.1. The van der Waals surface area contributed by atoms with Crippen LogP contribution in [0.2, 0.25) is 0 Å². The first-order chi connectivity index (χ1) is 13.0. The van der Waals surface area contributed by atoms with Crippen molar-refractivity contribution >= 4 is 29.3 Å². The predicted molar refractivity (Wildman–Crippen MR) is 108 cm³/mol. The molecule has 2 aromatic heterocycles. The van der Waals surface area contributed by atoms with Gasteiger partial charge in [0.25, 0.3) is 5.56 Å². The summed E-state index contributed by atoms with van der Waals surface area (Å²) in [7, 11) is 1.61. The summed E-state index contributed by atoms with van der Waals surface area (Å²) < 4.78 is 16.6. The molecule has 7 nitrogen and oxygen atoms in total. The van der Waals surface area contributed by atoms with E-state index in [0.29, 0.717) is 34.6 Å². The van der Waals surface area contributed by atoms with Crippen LogP contribution in [0.1, 0.15) is 18.4 Å². The predicted octanol–water partition coefficient (Wildman–Crippen LogP) is 2.08. The summed E-state index contributed by atoms with van der Waals surface area (Å²) in [4.78, 5) is 19.3. The molecule has 0 amide bonds. The summed E-state index contributed by atoms with van der Waals surface area (Å²) >= 11 is 0. The number of aromatic nitrogens is 3. The Balaban J connectivity index is 0.00000225. The van der Waals surface area contributed by atoms with Crippen molar-refractivity contribution in [3.8, 4) is 11.8 Å². The molecule has 1 atom stereocenters. The lowest BCUT2D eigenvalue weighted by molar-refractivity contribution is 0.501. The Bertz CT molecular complexity index is 1110. The third-order valence-corrected chi connectivity index (χ3v) is 4.96. The lowest BCUT2D eigenvalue weighted by Crippen LogP contribution is -2.43. The molecule has 3 heterocycles. The standard InChI is InChI=1S/C19H19FN6O.ClH/c1-24-11-23-16-15(9-21)18(25-8-2-3-13(22)10-25)26(17(16)19(24)27)14-6-4-12(20)5-7-14;/h4-7,11,13H,2-3,8,10,22H2,1H3;1H/t13-;/m0./s1. The van der Waals surface area contributed by atoms with Gasteiger partial charge in [-0.05, 0) is 37.1 Å². The number of nitriles is 1. The van der Waals surface area contributed by atoms with Crippen LogP contribution in [-0.4, -0.2) is 33.2 Å². The van der Waals surface area contributed by atoms with Gasteiger partial charge >= 0.3 is 0 Å². The molecule has 0 aliphatic carbocycles. The number of anilines is 1. The van der Waals surface area contributed by atoms with Gasteiger partial charge in [0.1, 0.15) is 34.3 Å². The zero-order valence-electron chi connectivity index (χ0n) is 15.3. The second kappa shape index (κ2) is 7.62. The summed E-state index contributed by atoms with van der Waals surface area (Å²) in [6.45, 7) is 1.30. The minimum atomic E-state index is -0.372. The van der Waals surface area contributed by atoms with Crippen molar-refractivity contribution in [3.63, 3.8) is 0 Å². The van der Waals surface area contributed by atoms with Gasteiger partial charge in [0.05, 0.1) is 6.33 Å². The molecule has 9 heteroatoms. The van der Waals surface area contributed by atoms with E-state index in [1.807, 2.05) is 4.90 Å². The third kappa shape index (κ3) is 3.13. The third-order valence-electron chi connectivity index (χ3n) is 4.96. The van der Waals surface area contributed by atoms with Gasteiger partial charge in [0, 0.05) is 31.9 Å². The second-order valence-corrected chi connectivity index (χ2v) is 6.83. The summed E-state index contributed by atoms with van der Waals surface area (Å²) in [6, 6.07) is 8.05. The quantitative estimate of drug-likeness (QED) is 0.708. The van der Waals surface area contributed by atoms with Crippen molar-refractivity contribution in [2.75, 3.05) is 18.0 Å². The monoisotopic (exact) mass is 402 g/mol. The first-order valence-corrected chi connectivity index (χ1v) is 8.78. The molecule has 1 saturated heterocycles. The first kappa shape index (κ1) is 19.9. The van der Waals surface area contributed by atoms with Crippen LogP contribution in [0.4, 0.5) is 10.2 Å². The van der Waals surface area contributed by atoms with E-state index in [0.717, 1.165) is 19.4 Å². The number of halogens is 2. The number of rotatable bonds is 2. The first-order valence-electron chi connectivity index (χ1n) is 8.78. The molecule has 0 spiro atoms. The molecule has 28 heavy (non-hydrogen) atoms. The van der Waals surface area contributed by atoms with Crippen molar-refractivity contribution in [1.29, 1.82) is 5.26 Å². The van der Waals surface area contributed by atoms with Gasteiger partial charge in [-0.15, -0.1) is 12.4 Å². The van der Waals surface area contributed by atoms with E-state index in [2.05, 4.69) is 11.1 Å². The molecule has 4 rings (SSSR count). The summed E-state index contributed by atoms with van der Waals surface area (Å²) in [5.41, 5.74) is 7.46. The highest BCUT2D eigenvalue weighted by Crippen LogP contribution is 2.34. The molecule has 0 radical (unpaired) electrons. The SMILES string of the molecule is Cl.Cn1cnc2c(C#N)c(N3CCC[C@H](N)C3)n(-c3ccc(F)cc3)c2c1=O. The summed E-state index contributed by atoms with van der Waals surface area (Å²) in [6.07, 6.45) is 3.21. The lowest BCUT2D eigenvalue weighted by atomic mass is 10.1. The maximum Gasteiger partial charge on any atom is 0.278 e. The van der Waals surface area contributed by atoms with E-state index in [-0.39, 0.29) is 29.8 Å². The van der Waals surface area contributed by atoms with Gasteiger partial charge in [-0.3, -0.25) is 9.36 Å². The number of benzene rings is 1. The molecule has 3 aromatic rings.